The number of rotatable bonds is 4. The summed E-state index contributed by atoms with van der Waals surface area (Å²) in [5.74, 6) is -0.0930. The summed E-state index contributed by atoms with van der Waals surface area (Å²) in [4.78, 5) is 14.3. The minimum Gasteiger partial charge on any atom is -0.340 e. The van der Waals surface area contributed by atoms with Crippen molar-refractivity contribution in [3.63, 3.8) is 0 Å². The molecule has 2 aromatic rings. The van der Waals surface area contributed by atoms with Crippen LogP contribution in [0.1, 0.15) is 23.5 Å². The van der Waals surface area contributed by atoms with E-state index in [9.17, 15) is 26.4 Å². The minimum atomic E-state index is -4.53. The van der Waals surface area contributed by atoms with E-state index in [0.717, 1.165) is 29.8 Å². The van der Waals surface area contributed by atoms with E-state index < -0.39 is 21.8 Å². The van der Waals surface area contributed by atoms with E-state index in [1.807, 2.05) is 18.2 Å². The number of carbonyl (C=O) groups is 1. The summed E-state index contributed by atoms with van der Waals surface area (Å²) in [5.41, 5.74) is 0.0467. The van der Waals surface area contributed by atoms with Crippen molar-refractivity contribution >= 4 is 27.5 Å². The highest BCUT2D eigenvalue weighted by Crippen LogP contribution is 2.50. The first-order valence-corrected chi connectivity index (χ1v) is 11.6. The number of amides is 1. The predicted octanol–water partition coefficient (Wildman–Crippen LogP) is 4.00. The number of hydrogen-bond acceptors (Lipinski definition) is 3. The Balaban J connectivity index is 1.37. The number of alkyl halides is 3. The number of carbonyl (C=O) groups excluding carboxylic acids is 1. The third-order valence-corrected chi connectivity index (χ3v) is 8.04. The van der Waals surface area contributed by atoms with Crippen LogP contribution in [0.25, 0.3) is 0 Å². The topological polar surface area (TPSA) is 57.7 Å². The van der Waals surface area contributed by atoms with Gasteiger partial charge in [-0.3, -0.25) is 4.79 Å². The second kappa shape index (κ2) is 8.11. The third-order valence-electron chi connectivity index (χ3n) is 5.78. The monoisotopic (exact) mass is 472 g/mol. The van der Waals surface area contributed by atoms with Crippen LogP contribution < -0.4 is 0 Å². The van der Waals surface area contributed by atoms with Gasteiger partial charge in [-0.15, -0.1) is 0 Å². The summed E-state index contributed by atoms with van der Waals surface area (Å²) in [6.07, 6.45) is -3.81. The molecule has 0 bridgehead atoms. The van der Waals surface area contributed by atoms with Crippen molar-refractivity contribution in [1.82, 2.24) is 9.21 Å². The zero-order valence-corrected chi connectivity index (χ0v) is 17.9. The first-order chi connectivity index (χ1) is 14.6. The summed E-state index contributed by atoms with van der Waals surface area (Å²) < 4.78 is 64.9. The fourth-order valence-electron chi connectivity index (χ4n) is 3.94. The molecule has 0 spiro atoms. The van der Waals surface area contributed by atoms with E-state index >= 15 is 0 Å². The normalized spacial score (nSPS) is 22.4. The van der Waals surface area contributed by atoms with Crippen LogP contribution >= 0.6 is 11.6 Å². The van der Waals surface area contributed by atoms with Crippen molar-refractivity contribution in [3.05, 3.63) is 64.7 Å². The Hall–Kier alpha value is -2.10. The number of sulfonamides is 1. The number of halogens is 4. The Morgan fingerprint density at radius 3 is 2.16 bits per heavy atom. The van der Waals surface area contributed by atoms with Gasteiger partial charge in [-0.25, -0.2) is 8.42 Å². The first kappa shape index (κ1) is 22.1. The molecular weight excluding hydrogens is 453 g/mol. The Labute approximate surface area is 183 Å². The van der Waals surface area contributed by atoms with Gasteiger partial charge >= 0.3 is 6.18 Å². The lowest BCUT2D eigenvalue weighted by Crippen LogP contribution is -2.51. The summed E-state index contributed by atoms with van der Waals surface area (Å²) in [6, 6.07) is 10.9. The molecule has 10 heteroatoms. The average Bonchev–Trinajstić information content (AvgIpc) is 3.54. The summed E-state index contributed by atoms with van der Waals surface area (Å²) in [7, 11) is -3.93. The number of piperazine rings is 1. The summed E-state index contributed by atoms with van der Waals surface area (Å²) >= 11 is 6.22. The molecule has 2 atom stereocenters. The zero-order chi connectivity index (χ0) is 22.4. The molecule has 1 heterocycles. The van der Waals surface area contributed by atoms with Crippen LogP contribution in [0.4, 0.5) is 13.2 Å². The molecule has 1 aliphatic heterocycles. The van der Waals surface area contributed by atoms with Crippen molar-refractivity contribution in [3.8, 4) is 0 Å². The van der Waals surface area contributed by atoms with E-state index in [4.69, 9.17) is 11.6 Å². The van der Waals surface area contributed by atoms with E-state index in [-0.39, 0.29) is 48.8 Å². The third kappa shape index (κ3) is 4.44. The molecule has 2 fully saturated rings. The smallest absolute Gasteiger partial charge is 0.340 e. The maximum Gasteiger partial charge on any atom is 0.416 e. The van der Waals surface area contributed by atoms with E-state index in [1.165, 1.54) is 4.31 Å². The molecule has 0 N–H and O–H groups in total. The summed E-state index contributed by atoms with van der Waals surface area (Å²) in [5, 5.41) is 0.634. The molecule has 1 saturated carbocycles. The standard InChI is InChI=1S/C21H20ClF3N2O3S/c22-19-4-2-1-3-16(19)17-13-18(17)20(28)26-9-11-27(12-10-26)31(29,30)15-7-5-14(6-8-15)21(23,24)25/h1-8,17-18H,9-13H2. The molecule has 2 unspecified atom stereocenters. The number of hydrogen-bond donors (Lipinski definition) is 0. The van der Waals surface area contributed by atoms with Gasteiger partial charge < -0.3 is 4.90 Å². The average molecular weight is 473 g/mol. The Morgan fingerprint density at radius 1 is 0.968 bits per heavy atom. The molecule has 1 amide bonds. The van der Waals surface area contributed by atoms with Crippen LogP contribution in [0.2, 0.25) is 5.02 Å². The second-order valence-electron chi connectivity index (χ2n) is 7.72. The van der Waals surface area contributed by atoms with Crippen LogP contribution in [0.3, 0.4) is 0 Å². The largest absolute Gasteiger partial charge is 0.416 e. The van der Waals surface area contributed by atoms with Gasteiger partial charge in [0.2, 0.25) is 15.9 Å². The molecule has 31 heavy (non-hydrogen) atoms. The molecule has 0 aromatic heterocycles. The molecule has 166 valence electrons. The Morgan fingerprint density at radius 2 is 1.58 bits per heavy atom. The lowest BCUT2D eigenvalue weighted by atomic mass is 10.1. The molecule has 5 nitrogen and oxygen atoms in total. The van der Waals surface area contributed by atoms with Gasteiger partial charge in [0.15, 0.2) is 0 Å². The van der Waals surface area contributed by atoms with Gasteiger partial charge in [-0.1, -0.05) is 29.8 Å². The lowest BCUT2D eigenvalue weighted by molar-refractivity contribution is -0.137. The minimum absolute atomic E-state index is 0.0171. The van der Waals surface area contributed by atoms with Gasteiger partial charge in [0.05, 0.1) is 10.5 Å². The SMILES string of the molecule is O=C(C1CC1c1ccccc1Cl)N1CCN(S(=O)(=O)c2ccc(C(F)(F)F)cc2)CC1. The van der Waals surface area contributed by atoms with Crippen LogP contribution in [0.15, 0.2) is 53.4 Å². The van der Waals surface area contributed by atoms with Gasteiger partial charge in [0.1, 0.15) is 0 Å². The fraction of sp³-hybridized carbons (Fsp3) is 0.381. The maximum atomic E-state index is 12.8. The lowest BCUT2D eigenvalue weighted by Gasteiger charge is -2.34. The van der Waals surface area contributed by atoms with Gasteiger partial charge in [-0.2, -0.15) is 17.5 Å². The van der Waals surface area contributed by atoms with Gasteiger partial charge in [0.25, 0.3) is 0 Å². The fourth-order valence-corrected chi connectivity index (χ4v) is 5.63. The highest BCUT2D eigenvalue weighted by atomic mass is 35.5. The van der Waals surface area contributed by atoms with E-state index in [0.29, 0.717) is 11.4 Å². The molecule has 0 radical (unpaired) electrons. The molecule has 2 aromatic carbocycles. The van der Waals surface area contributed by atoms with Crippen LogP contribution in [0, 0.1) is 5.92 Å². The van der Waals surface area contributed by atoms with E-state index in [2.05, 4.69) is 0 Å². The van der Waals surface area contributed by atoms with Gasteiger partial charge in [-0.05, 0) is 48.2 Å². The molecule has 4 rings (SSSR count). The number of nitrogens with zero attached hydrogens (tertiary/aromatic N) is 2. The van der Waals surface area contributed by atoms with Crippen molar-refractivity contribution in [1.29, 1.82) is 0 Å². The van der Waals surface area contributed by atoms with Crippen LogP contribution in [-0.2, 0) is 21.0 Å². The Bertz CT molecular complexity index is 1080. The van der Waals surface area contributed by atoms with Crippen molar-refractivity contribution in [2.45, 2.75) is 23.4 Å². The molecule has 2 aliphatic rings. The zero-order valence-electron chi connectivity index (χ0n) is 16.3. The first-order valence-electron chi connectivity index (χ1n) is 9.79. The molecule has 1 aliphatic carbocycles. The predicted molar refractivity (Wildman–Crippen MR) is 109 cm³/mol. The Kier molecular flexibility index (Phi) is 5.78. The maximum absolute atomic E-state index is 12.8. The van der Waals surface area contributed by atoms with Crippen molar-refractivity contribution < 1.29 is 26.4 Å². The van der Waals surface area contributed by atoms with Crippen LogP contribution in [-0.4, -0.2) is 49.7 Å². The highest BCUT2D eigenvalue weighted by Gasteiger charge is 2.47. The quantitative estimate of drug-likeness (QED) is 0.676. The second-order valence-corrected chi connectivity index (χ2v) is 10.1. The van der Waals surface area contributed by atoms with Gasteiger partial charge in [0, 0.05) is 37.1 Å². The highest BCUT2D eigenvalue weighted by molar-refractivity contribution is 7.89. The van der Waals surface area contributed by atoms with Crippen molar-refractivity contribution in [2.24, 2.45) is 5.92 Å². The molecular formula is C21H20ClF3N2O3S. The number of benzene rings is 2. The van der Waals surface area contributed by atoms with E-state index in [1.54, 1.807) is 11.0 Å². The van der Waals surface area contributed by atoms with Crippen LogP contribution in [0.5, 0.6) is 0 Å². The summed E-state index contributed by atoms with van der Waals surface area (Å²) in [6.45, 7) is 0.673. The molecule has 1 saturated heterocycles. The van der Waals surface area contributed by atoms with Crippen molar-refractivity contribution in [2.75, 3.05) is 26.2 Å².